The van der Waals surface area contributed by atoms with E-state index in [2.05, 4.69) is 16.0 Å². The maximum Gasteiger partial charge on any atom is 0.262 e. The van der Waals surface area contributed by atoms with Gasteiger partial charge >= 0.3 is 0 Å². The van der Waals surface area contributed by atoms with Gasteiger partial charge in [0, 0.05) is 49.9 Å². The average molecular weight is 623 g/mol. The average Bonchev–Trinajstić information content (AvgIpc) is 3.76. The molecule has 2 aromatic carbocycles. The Hall–Kier alpha value is -3.83. The first-order valence-corrected chi connectivity index (χ1v) is 16.0. The zero-order valence-corrected chi connectivity index (χ0v) is 26.8. The van der Waals surface area contributed by atoms with Gasteiger partial charge in [-0.05, 0) is 87.9 Å². The molecule has 5 rings (SSSR count). The van der Waals surface area contributed by atoms with Crippen molar-refractivity contribution in [2.45, 2.75) is 58.0 Å². The van der Waals surface area contributed by atoms with Gasteiger partial charge in [0.15, 0.2) is 18.1 Å². The topological polar surface area (TPSA) is 127 Å². The maximum absolute atomic E-state index is 13.7. The van der Waals surface area contributed by atoms with Crippen LogP contribution in [0.1, 0.15) is 54.6 Å². The summed E-state index contributed by atoms with van der Waals surface area (Å²) in [5.41, 5.74) is 2.84. The number of rotatable bonds is 15. The summed E-state index contributed by atoms with van der Waals surface area (Å²) in [7, 11) is 3.27. The molecule has 0 aromatic heterocycles. The van der Waals surface area contributed by atoms with E-state index >= 15 is 0 Å². The highest BCUT2D eigenvalue weighted by molar-refractivity contribution is 5.97. The number of benzene rings is 2. The van der Waals surface area contributed by atoms with Gasteiger partial charge in [-0.3, -0.25) is 14.4 Å². The van der Waals surface area contributed by atoms with Gasteiger partial charge in [-0.15, -0.1) is 0 Å². The molecule has 11 nitrogen and oxygen atoms in total. The van der Waals surface area contributed by atoms with Crippen molar-refractivity contribution >= 4 is 23.4 Å². The summed E-state index contributed by atoms with van der Waals surface area (Å²) < 4.78 is 22.7. The van der Waals surface area contributed by atoms with Gasteiger partial charge in [-0.1, -0.05) is 6.07 Å². The fourth-order valence-corrected chi connectivity index (χ4v) is 6.17. The van der Waals surface area contributed by atoms with Crippen molar-refractivity contribution in [1.82, 2.24) is 15.5 Å². The number of carbonyl (C=O) groups is 3. The highest BCUT2D eigenvalue weighted by atomic mass is 16.5. The Morgan fingerprint density at radius 3 is 2.62 bits per heavy atom. The van der Waals surface area contributed by atoms with Crippen molar-refractivity contribution in [3.05, 3.63) is 47.0 Å². The molecule has 2 heterocycles. The van der Waals surface area contributed by atoms with Gasteiger partial charge in [0.2, 0.25) is 5.91 Å². The quantitative estimate of drug-likeness (QED) is 0.259. The first-order valence-electron chi connectivity index (χ1n) is 16.0. The largest absolute Gasteiger partial charge is 0.493 e. The molecular formula is C34H46N4O7. The number of carbonyl (C=O) groups excluding carboxylic acids is 3. The number of methoxy groups -OCH3 is 2. The van der Waals surface area contributed by atoms with Crippen LogP contribution in [0, 0.1) is 11.8 Å². The van der Waals surface area contributed by atoms with Crippen molar-refractivity contribution in [2.75, 3.05) is 59.0 Å². The minimum absolute atomic E-state index is 0.00157. The Morgan fingerprint density at radius 1 is 1.09 bits per heavy atom. The predicted octanol–water partition coefficient (Wildman–Crippen LogP) is 3.19. The first-order chi connectivity index (χ1) is 21.8. The highest BCUT2D eigenvalue weighted by Gasteiger charge is 2.38. The lowest BCUT2D eigenvalue weighted by Gasteiger charge is -2.29. The number of hydrogen-bond acceptors (Lipinski definition) is 8. The molecular weight excluding hydrogens is 576 g/mol. The third-order valence-corrected chi connectivity index (χ3v) is 8.57. The minimum Gasteiger partial charge on any atom is -0.493 e. The van der Waals surface area contributed by atoms with E-state index in [0.717, 1.165) is 37.1 Å². The molecule has 1 aliphatic carbocycles. The van der Waals surface area contributed by atoms with E-state index in [0.29, 0.717) is 61.1 Å². The molecule has 2 aliphatic heterocycles. The van der Waals surface area contributed by atoms with Gasteiger partial charge < -0.3 is 39.8 Å². The summed E-state index contributed by atoms with van der Waals surface area (Å²) in [5, 5.41) is 9.41. The lowest BCUT2D eigenvalue weighted by atomic mass is 9.86. The van der Waals surface area contributed by atoms with E-state index in [1.807, 2.05) is 43.0 Å². The summed E-state index contributed by atoms with van der Waals surface area (Å²) in [6, 6.07) is 9.36. The van der Waals surface area contributed by atoms with Gasteiger partial charge in [0.25, 0.3) is 11.8 Å². The van der Waals surface area contributed by atoms with Crippen LogP contribution in [0.25, 0.3) is 0 Å². The second-order valence-corrected chi connectivity index (χ2v) is 12.4. The third kappa shape index (κ3) is 8.26. The molecule has 0 unspecified atom stereocenters. The molecule has 2 fully saturated rings. The molecule has 244 valence electrons. The lowest BCUT2D eigenvalue weighted by molar-refractivity contribution is -0.131. The molecule has 0 bridgehead atoms. The number of amides is 3. The summed E-state index contributed by atoms with van der Waals surface area (Å²) in [6.45, 7) is 7.07. The maximum atomic E-state index is 13.7. The van der Waals surface area contributed by atoms with E-state index in [-0.39, 0.29) is 54.7 Å². The molecule has 2 atom stereocenters. The number of fused-ring (bicyclic) bond motifs is 1. The Balaban J connectivity index is 1.34. The number of nitrogens with zero attached hydrogens (tertiary/aromatic N) is 1. The SMILES string of the molecule is COCCCOc1c(OC)ccc(C(=O)NC(C)C)c1C[C@@H]1CNC[C@H]1CN(C(=O)Cc1ccc2c(c1)NC(=O)CO2)C1CC1. The standard InChI is InChI=1S/C34H46N4O7/c1-21(2)36-34(41)26-9-11-30(43-4)33(44-13-5-12-42-3)27(26)16-23-17-35-18-24(23)19-38(25-7-8-25)32(40)15-22-6-10-29-28(14-22)37-31(39)20-45-29/h6,9-11,14,21,23-25,35H,5,7-8,12-13,15-20H2,1-4H3,(H,36,41)(H,37,39)/t23-,24+/m1/s1. The lowest BCUT2D eigenvalue weighted by Crippen LogP contribution is -2.40. The van der Waals surface area contributed by atoms with Gasteiger partial charge in [-0.25, -0.2) is 0 Å². The van der Waals surface area contributed by atoms with Crippen LogP contribution in [-0.4, -0.2) is 88.4 Å². The molecule has 11 heteroatoms. The van der Waals surface area contributed by atoms with Crippen molar-refractivity contribution in [1.29, 1.82) is 0 Å². The summed E-state index contributed by atoms with van der Waals surface area (Å²) in [6.07, 6.45) is 3.56. The van der Waals surface area contributed by atoms with Crippen LogP contribution in [0.2, 0.25) is 0 Å². The Kier molecular flexibility index (Phi) is 10.8. The van der Waals surface area contributed by atoms with E-state index < -0.39 is 0 Å². The van der Waals surface area contributed by atoms with Crippen LogP contribution in [0.15, 0.2) is 30.3 Å². The molecule has 0 radical (unpaired) electrons. The summed E-state index contributed by atoms with van der Waals surface area (Å²) in [4.78, 5) is 40.9. The molecule has 1 saturated heterocycles. The molecule has 3 N–H and O–H groups in total. The van der Waals surface area contributed by atoms with Crippen LogP contribution < -0.4 is 30.2 Å². The van der Waals surface area contributed by atoms with Crippen LogP contribution in [0.3, 0.4) is 0 Å². The van der Waals surface area contributed by atoms with Gasteiger partial charge in [0.05, 0.1) is 25.8 Å². The molecule has 3 amide bonds. The summed E-state index contributed by atoms with van der Waals surface area (Å²) in [5.74, 6) is 1.90. The first kappa shape index (κ1) is 32.6. The molecule has 45 heavy (non-hydrogen) atoms. The number of anilines is 1. The predicted molar refractivity (Wildman–Crippen MR) is 170 cm³/mol. The van der Waals surface area contributed by atoms with Crippen molar-refractivity contribution in [3.63, 3.8) is 0 Å². The zero-order chi connectivity index (χ0) is 31.9. The van der Waals surface area contributed by atoms with E-state index in [1.165, 1.54) is 0 Å². The third-order valence-electron chi connectivity index (χ3n) is 8.57. The fraction of sp³-hybridized carbons (Fsp3) is 0.559. The monoisotopic (exact) mass is 622 g/mol. The second-order valence-electron chi connectivity index (χ2n) is 12.4. The van der Waals surface area contributed by atoms with Crippen molar-refractivity contribution < 1.29 is 33.3 Å². The van der Waals surface area contributed by atoms with Crippen LogP contribution in [-0.2, 0) is 27.2 Å². The highest BCUT2D eigenvalue weighted by Crippen LogP contribution is 2.38. The minimum atomic E-state index is -0.199. The molecule has 3 aliphatic rings. The number of hydrogen-bond donors (Lipinski definition) is 3. The van der Waals surface area contributed by atoms with Crippen LogP contribution >= 0.6 is 0 Å². The molecule has 2 aromatic rings. The number of nitrogens with one attached hydrogen (secondary N) is 3. The van der Waals surface area contributed by atoms with E-state index in [4.69, 9.17) is 18.9 Å². The van der Waals surface area contributed by atoms with E-state index in [9.17, 15) is 14.4 Å². The van der Waals surface area contributed by atoms with Gasteiger partial charge in [-0.2, -0.15) is 0 Å². The normalized spacial score (nSPS) is 19.0. The number of ether oxygens (including phenoxy) is 4. The zero-order valence-electron chi connectivity index (χ0n) is 26.8. The van der Waals surface area contributed by atoms with Crippen molar-refractivity contribution in [2.24, 2.45) is 11.8 Å². The van der Waals surface area contributed by atoms with E-state index in [1.54, 1.807) is 20.3 Å². The van der Waals surface area contributed by atoms with Crippen molar-refractivity contribution in [3.8, 4) is 17.2 Å². The smallest absolute Gasteiger partial charge is 0.262 e. The second kappa shape index (κ2) is 15.0. The Labute approximate surface area is 265 Å². The molecule has 0 spiro atoms. The molecule has 1 saturated carbocycles. The van der Waals surface area contributed by atoms with Crippen LogP contribution in [0.5, 0.6) is 17.2 Å². The fourth-order valence-electron chi connectivity index (χ4n) is 6.17. The van der Waals surface area contributed by atoms with Gasteiger partial charge in [0.1, 0.15) is 5.75 Å². The summed E-state index contributed by atoms with van der Waals surface area (Å²) >= 11 is 0. The Morgan fingerprint density at radius 2 is 1.89 bits per heavy atom. The van der Waals surface area contributed by atoms with Crippen LogP contribution in [0.4, 0.5) is 5.69 Å². The Bertz CT molecular complexity index is 1380.